The predicted octanol–water partition coefficient (Wildman–Crippen LogP) is 2.16. The molecule has 1 fully saturated rings. The zero-order valence-corrected chi connectivity index (χ0v) is 11.0. The summed E-state index contributed by atoms with van der Waals surface area (Å²) in [5.74, 6) is 0.890. The molecule has 4 heteroatoms. The summed E-state index contributed by atoms with van der Waals surface area (Å²) in [7, 11) is 0. The Kier molecular flexibility index (Phi) is 4.81. The van der Waals surface area contributed by atoms with Gasteiger partial charge in [-0.05, 0) is 37.9 Å². The largest absolute Gasteiger partial charge is 0.467 e. The molecule has 0 saturated carbocycles. The Bertz CT molecular complexity index is 362. The Labute approximate surface area is 108 Å². The molecule has 1 aromatic heterocycles. The van der Waals surface area contributed by atoms with Gasteiger partial charge in [-0.2, -0.15) is 0 Å². The van der Waals surface area contributed by atoms with Crippen molar-refractivity contribution in [1.29, 1.82) is 0 Å². The number of amides is 1. The van der Waals surface area contributed by atoms with E-state index < -0.39 is 0 Å². The van der Waals surface area contributed by atoms with Crippen molar-refractivity contribution in [3.05, 3.63) is 24.2 Å². The zero-order chi connectivity index (χ0) is 12.8. The van der Waals surface area contributed by atoms with Gasteiger partial charge in [0.15, 0.2) is 0 Å². The highest BCUT2D eigenvalue weighted by atomic mass is 16.3. The lowest BCUT2D eigenvalue weighted by molar-refractivity contribution is -0.123. The Balaban J connectivity index is 1.75. The molecule has 18 heavy (non-hydrogen) atoms. The minimum absolute atomic E-state index is 0.0896. The van der Waals surface area contributed by atoms with Gasteiger partial charge in [0.1, 0.15) is 5.76 Å². The maximum Gasteiger partial charge on any atom is 0.234 e. The number of piperidine rings is 1. The topological polar surface area (TPSA) is 45.5 Å². The normalized spacial score (nSPS) is 20.8. The number of nitrogens with zero attached hydrogens (tertiary/aromatic N) is 1. The van der Waals surface area contributed by atoms with Crippen molar-refractivity contribution in [1.82, 2.24) is 10.2 Å². The van der Waals surface area contributed by atoms with Crippen LogP contribution in [0.5, 0.6) is 0 Å². The zero-order valence-electron chi connectivity index (χ0n) is 11.0. The molecule has 1 N–H and O–H groups in total. The second-order valence-corrected chi connectivity index (χ2v) is 4.88. The fraction of sp³-hybridized carbons (Fsp3) is 0.643. The van der Waals surface area contributed by atoms with Crippen molar-refractivity contribution in [2.24, 2.45) is 0 Å². The van der Waals surface area contributed by atoms with Crippen LogP contribution in [0.4, 0.5) is 0 Å². The smallest absolute Gasteiger partial charge is 0.234 e. The number of rotatable bonds is 5. The third-order valence-corrected chi connectivity index (χ3v) is 3.61. The summed E-state index contributed by atoms with van der Waals surface area (Å²) in [5, 5.41) is 2.90. The highest BCUT2D eigenvalue weighted by Gasteiger charge is 2.22. The van der Waals surface area contributed by atoms with Crippen LogP contribution in [0.25, 0.3) is 0 Å². The average Bonchev–Trinajstić information content (AvgIpc) is 2.90. The van der Waals surface area contributed by atoms with E-state index in [1.165, 1.54) is 19.3 Å². The molecule has 0 aromatic carbocycles. The summed E-state index contributed by atoms with van der Waals surface area (Å²) in [6.07, 6.45) is 6.48. The third-order valence-electron chi connectivity index (χ3n) is 3.61. The number of furan rings is 1. The molecule has 1 amide bonds. The molecule has 1 aromatic rings. The maximum absolute atomic E-state index is 11.9. The van der Waals surface area contributed by atoms with E-state index in [0.29, 0.717) is 19.1 Å². The summed E-state index contributed by atoms with van der Waals surface area (Å²) in [6.45, 7) is 4.24. The quantitative estimate of drug-likeness (QED) is 0.871. The number of likely N-dealkylation sites (tertiary alicyclic amines) is 1. The molecule has 1 aliphatic heterocycles. The van der Waals surface area contributed by atoms with E-state index in [4.69, 9.17) is 4.42 Å². The van der Waals surface area contributed by atoms with Crippen LogP contribution in [0.1, 0.15) is 38.4 Å². The predicted molar refractivity (Wildman–Crippen MR) is 70.1 cm³/mol. The van der Waals surface area contributed by atoms with Crippen LogP contribution in [0, 0.1) is 0 Å². The van der Waals surface area contributed by atoms with Crippen LogP contribution in [-0.4, -0.2) is 29.9 Å². The average molecular weight is 250 g/mol. The Morgan fingerprint density at radius 2 is 2.44 bits per heavy atom. The lowest BCUT2D eigenvalue weighted by Crippen LogP contribution is -2.45. The summed E-state index contributed by atoms with van der Waals surface area (Å²) >= 11 is 0. The molecule has 1 aliphatic rings. The van der Waals surface area contributed by atoms with Gasteiger partial charge in [0.05, 0.1) is 19.4 Å². The minimum Gasteiger partial charge on any atom is -0.467 e. The van der Waals surface area contributed by atoms with E-state index in [1.54, 1.807) is 6.26 Å². The van der Waals surface area contributed by atoms with Crippen LogP contribution in [0.15, 0.2) is 22.8 Å². The van der Waals surface area contributed by atoms with Gasteiger partial charge in [0.25, 0.3) is 0 Å². The number of carbonyl (C=O) groups is 1. The first-order chi connectivity index (χ1) is 8.79. The Morgan fingerprint density at radius 3 is 3.17 bits per heavy atom. The molecular weight excluding hydrogens is 228 g/mol. The molecule has 0 unspecified atom stereocenters. The molecule has 4 nitrogen and oxygen atoms in total. The highest BCUT2D eigenvalue weighted by Crippen LogP contribution is 2.18. The van der Waals surface area contributed by atoms with Gasteiger partial charge in [0, 0.05) is 6.04 Å². The minimum atomic E-state index is 0.0896. The first-order valence-corrected chi connectivity index (χ1v) is 6.82. The summed E-state index contributed by atoms with van der Waals surface area (Å²) in [4.78, 5) is 14.2. The molecule has 1 atom stereocenters. The maximum atomic E-state index is 11.9. The monoisotopic (exact) mass is 250 g/mol. The fourth-order valence-corrected chi connectivity index (χ4v) is 2.57. The third kappa shape index (κ3) is 3.60. The number of hydrogen-bond acceptors (Lipinski definition) is 3. The van der Waals surface area contributed by atoms with E-state index >= 15 is 0 Å². The lowest BCUT2D eigenvalue weighted by Gasteiger charge is -2.34. The van der Waals surface area contributed by atoms with Crippen LogP contribution in [0.2, 0.25) is 0 Å². The first-order valence-electron chi connectivity index (χ1n) is 6.82. The van der Waals surface area contributed by atoms with Gasteiger partial charge < -0.3 is 9.73 Å². The molecule has 0 spiro atoms. The fourth-order valence-electron chi connectivity index (χ4n) is 2.57. The van der Waals surface area contributed by atoms with Gasteiger partial charge in [-0.1, -0.05) is 13.3 Å². The summed E-state index contributed by atoms with van der Waals surface area (Å²) < 4.78 is 5.19. The molecular formula is C14H22N2O2. The Morgan fingerprint density at radius 1 is 1.56 bits per heavy atom. The molecule has 1 saturated heterocycles. The summed E-state index contributed by atoms with van der Waals surface area (Å²) in [5.41, 5.74) is 0. The van der Waals surface area contributed by atoms with Gasteiger partial charge in [-0.3, -0.25) is 9.69 Å². The van der Waals surface area contributed by atoms with Crippen LogP contribution in [-0.2, 0) is 11.3 Å². The SMILES string of the molecule is CC[C@H]1CCCCN1CC(=O)NCc1ccco1. The van der Waals surface area contributed by atoms with E-state index in [2.05, 4.69) is 17.1 Å². The number of carbonyl (C=O) groups excluding carboxylic acids is 1. The summed E-state index contributed by atoms with van der Waals surface area (Å²) in [6, 6.07) is 4.28. The standard InChI is InChI=1S/C14H22N2O2/c1-2-12-6-3-4-8-16(12)11-14(17)15-10-13-7-5-9-18-13/h5,7,9,12H,2-4,6,8,10-11H2,1H3,(H,15,17)/t12-/m0/s1. The van der Waals surface area contributed by atoms with Gasteiger partial charge in [-0.25, -0.2) is 0 Å². The van der Waals surface area contributed by atoms with Gasteiger partial charge >= 0.3 is 0 Å². The molecule has 100 valence electrons. The van der Waals surface area contributed by atoms with E-state index in [0.717, 1.165) is 18.7 Å². The highest BCUT2D eigenvalue weighted by molar-refractivity contribution is 5.78. The van der Waals surface area contributed by atoms with E-state index in [9.17, 15) is 4.79 Å². The van der Waals surface area contributed by atoms with Crippen molar-refractivity contribution in [3.8, 4) is 0 Å². The molecule has 2 heterocycles. The van der Waals surface area contributed by atoms with E-state index in [1.807, 2.05) is 12.1 Å². The van der Waals surface area contributed by atoms with E-state index in [-0.39, 0.29) is 5.91 Å². The van der Waals surface area contributed by atoms with Crippen molar-refractivity contribution in [2.45, 2.75) is 45.2 Å². The number of hydrogen-bond donors (Lipinski definition) is 1. The molecule has 0 bridgehead atoms. The van der Waals surface area contributed by atoms with Crippen molar-refractivity contribution in [2.75, 3.05) is 13.1 Å². The van der Waals surface area contributed by atoms with Gasteiger partial charge in [-0.15, -0.1) is 0 Å². The lowest BCUT2D eigenvalue weighted by atomic mass is 10.0. The Hall–Kier alpha value is -1.29. The van der Waals surface area contributed by atoms with Crippen LogP contribution in [0.3, 0.4) is 0 Å². The second kappa shape index (κ2) is 6.59. The van der Waals surface area contributed by atoms with Crippen LogP contribution < -0.4 is 5.32 Å². The van der Waals surface area contributed by atoms with Crippen LogP contribution >= 0.6 is 0 Å². The first kappa shape index (κ1) is 13.1. The van der Waals surface area contributed by atoms with Gasteiger partial charge in [0.2, 0.25) is 5.91 Å². The van der Waals surface area contributed by atoms with Crippen molar-refractivity contribution in [3.63, 3.8) is 0 Å². The number of nitrogens with one attached hydrogen (secondary N) is 1. The molecule has 2 rings (SSSR count). The molecule has 0 radical (unpaired) electrons. The van der Waals surface area contributed by atoms with Crippen molar-refractivity contribution >= 4 is 5.91 Å². The van der Waals surface area contributed by atoms with Crippen molar-refractivity contribution < 1.29 is 9.21 Å². The second-order valence-electron chi connectivity index (χ2n) is 4.88. The molecule has 0 aliphatic carbocycles.